The number of aromatic nitrogens is 1. The molecule has 268 valence electrons. The van der Waals surface area contributed by atoms with E-state index in [1.807, 2.05) is 38.2 Å². The molecule has 2 fully saturated rings. The number of hydrogen-bond acceptors (Lipinski definition) is 7. The first-order chi connectivity index (χ1) is 23.4. The van der Waals surface area contributed by atoms with Crippen molar-refractivity contribution in [2.24, 2.45) is 5.92 Å². The predicted octanol–water partition coefficient (Wildman–Crippen LogP) is 3.73. The van der Waals surface area contributed by atoms with Crippen molar-refractivity contribution in [2.45, 2.75) is 89.3 Å². The highest BCUT2D eigenvalue weighted by molar-refractivity contribution is 5.91. The van der Waals surface area contributed by atoms with Gasteiger partial charge in [-0.25, -0.2) is 4.98 Å². The normalized spacial score (nSPS) is 18.0. The summed E-state index contributed by atoms with van der Waals surface area (Å²) in [6, 6.07) is 7.86. The highest BCUT2D eigenvalue weighted by atomic mass is 19.3. The Morgan fingerprint density at radius 3 is 2.18 bits per heavy atom. The number of likely N-dealkylation sites (N-methyl/N-ethyl adjacent to an activating group) is 1. The molecule has 4 rings (SSSR count). The molecule has 49 heavy (non-hydrogen) atoms. The molecule has 1 aliphatic heterocycles. The molecule has 0 radical (unpaired) electrons. The van der Waals surface area contributed by atoms with E-state index >= 15 is 8.78 Å². The number of benzene rings is 1. The fraction of sp³-hybridized carbons (Fsp3) is 0.583. The van der Waals surface area contributed by atoms with E-state index in [0.29, 0.717) is 25.9 Å². The Morgan fingerprint density at radius 2 is 1.61 bits per heavy atom. The molecular formula is C36H50F2N6O5. The molecule has 1 saturated heterocycles. The minimum Gasteiger partial charge on any atom is -0.481 e. The lowest BCUT2D eigenvalue weighted by atomic mass is 9.90. The minimum atomic E-state index is -3.91. The number of rotatable bonds is 13. The fourth-order valence-electron chi connectivity index (χ4n) is 6.42. The van der Waals surface area contributed by atoms with Crippen molar-refractivity contribution in [3.05, 3.63) is 59.3 Å². The maximum atomic E-state index is 15.3. The topological polar surface area (TPSA) is 133 Å². The highest BCUT2D eigenvalue weighted by Crippen LogP contribution is 2.31. The van der Waals surface area contributed by atoms with Crippen molar-refractivity contribution in [2.75, 3.05) is 40.3 Å². The number of ether oxygens (including phenoxy) is 1. The van der Waals surface area contributed by atoms with Gasteiger partial charge in [0.1, 0.15) is 12.1 Å². The SMILES string of the molecule is CCC(=O)N[C@@H](C(=O)N1CCN(C)CC1)C(C)c1ccc(CNC(=O)C(NC(=O)C(F)(F)c2ccc(OC)nc2)C2CCCCCC2)cc1. The first kappa shape index (κ1) is 37.7. The average Bonchev–Trinajstić information content (AvgIpc) is 3.41. The molecule has 0 bridgehead atoms. The summed E-state index contributed by atoms with van der Waals surface area (Å²) >= 11 is 0. The maximum absolute atomic E-state index is 15.3. The van der Waals surface area contributed by atoms with E-state index in [0.717, 1.165) is 62.2 Å². The van der Waals surface area contributed by atoms with Crippen LogP contribution in [0.4, 0.5) is 8.78 Å². The Bertz CT molecular complexity index is 1410. The Hall–Kier alpha value is -4.13. The Morgan fingerprint density at radius 1 is 0.959 bits per heavy atom. The summed E-state index contributed by atoms with van der Waals surface area (Å²) in [4.78, 5) is 60.3. The third kappa shape index (κ3) is 9.96. The standard InChI is InChI=1S/C36H50F2N6O5/c1-5-29(45)41-31(34(47)44-20-18-43(3)19-21-44)24(2)26-14-12-25(13-15-26)22-40-33(46)32(27-10-8-6-7-9-11-27)42-35(48)36(37,38)28-16-17-30(49-4)39-23-28/h12-17,23-24,27,31-32H,5-11,18-22H2,1-4H3,(H,40,46)(H,41,45)(H,42,48)/t24?,31-,32?/m1/s1. The van der Waals surface area contributed by atoms with Gasteiger partial charge in [0.25, 0.3) is 5.91 Å². The number of nitrogens with one attached hydrogen (secondary N) is 3. The quantitative estimate of drug-likeness (QED) is 0.274. The molecule has 2 aliphatic rings. The zero-order valence-corrected chi connectivity index (χ0v) is 29.0. The van der Waals surface area contributed by atoms with Crippen molar-refractivity contribution in [1.29, 1.82) is 0 Å². The van der Waals surface area contributed by atoms with Crippen molar-refractivity contribution >= 4 is 23.6 Å². The number of alkyl halides is 2. The molecule has 1 aliphatic carbocycles. The summed E-state index contributed by atoms with van der Waals surface area (Å²) in [5.74, 6) is -6.77. The number of piperazine rings is 1. The summed E-state index contributed by atoms with van der Waals surface area (Å²) in [7, 11) is 3.37. The van der Waals surface area contributed by atoms with Gasteiger partial charge in [-0.1, -0.05) is 63.8 Å². The van der Waals surface area contributed by atoms with Crippen LogP contribution in [0.1, 0.15) is 81.4 Å². The summed E-state index contributed by atoms with van der Waals surface area (Å²) in [6.45, 7) is 6.49. The van der Waals surface area contributed by atoms with E-state index < -0.39 is 35.4 Å². The van der Waals surface area contributed by atoms with Crippen LogP contribution in [-0.4, -0.2) is 90.8 Å². The maximum Gasteiger partial charge on any atom is 0.351 e. The number of hydrogen-bond donors (Lipinski definition) is 3. The first-order valence-corrected chi connectivity index (χ1v) is 17.3. The van der Waals surface area contributed by atoms with Gasteiger partial charge in [0.05, 0.1) is 7.11 Å². The zero-order valence-electron chi connectivity index (χ0n) is 29.0. The van der Waals surface area contributed by atoms with E-state index in [1.165, 1.54) is 13.2 Å². The molecule has 1 aromatic heterocycles. The number of carbonyl (C=O) groups is 4. The summed E-state index contributed by atoms with van der Waals surface area (Å²) in [5, 5.41) is 8.15. The van der Waals surface area contributed by atoms with Gasteiger partial charge in [-0.05, 0) is 43.0 Å². The molecule has 4 amide bonds. The monoisotopic (exact) mass is 684 g/mol. The van der Waals surface area contributed by atoms with Crippen LogP contribution in [0.5, 0.6) is 5.88 Å². The highest BCUT2D eigenvalue weighted by Gasteiger charge is 2.44. The Labute approximate surface area is 287 Å². The number of pyridine rings is 1. The van der Waals surface area contributed by atoms with Gasteiger partial charge in [0.15, 0.2) is 0 Å². The molecule has 1 aromatic carbocycles. The molecule has 3 N–H and O–H groups in total. The lowest BCUT2D eigenvalue weighted by molar-refractivity contribution is -0.150. The van der Waals surface area contributed by atoms with Crippen molar-refractivity contribution in [1.82, 2.24) is 30.7 Å². The van der Waals surface area contributed by atoms with E-state index in [2.05, 4.69) is 25.8 Å². The van der Waals surface area contributed by atoms with Gasteiger partial charge < -0.3 is 30.5 Å². The van der Waals surface area contributed by atoms with Crippen molar-refractivity contribution in [3.63, 3.8) is 0 Å². The molecule has 11 nitrogen and oxygen atoms in total. The van der Waals surface area contributed by atoms with Gasteiger partial charge in [0.2, 0.25) is 23.6 Å². The van der Waals surface area contributed by atoms with Crippen LogP contribution >= 0.6 is 0 Å². The number of amides is 4. The number of methoxy groups -OCH3 is 1. The van der Waals surface area contributed by atoms with E-state index in [4.69, 9.17) is 4.74 Å². The number of nitrogens with zero attached hydrogens (tertiary/aromatic N) is 3. The number of carbonyl (C=O) groups excluding carboxylic acids is 4. The largest absolute Gasteiger partial charge is 0.481 e. The van der Waals surface area contributed by atoms with Crippen LogP contribution in [-0.2, 0) is 31.6 Å². The third-order valence-corrected chi connectivity index (χ3v) is 9.72. The van der Waals surface area contributed by atoms with Crippen LogP contribution in [0.3, 0.4) is 0 Å². The lowest BCUT2D eigenvalue weighted by Gasteiger charge is -2.36. The third-order valence-electron chi connectivity index (χ3n) is 9.72. The molecule has 2 unspecified atom stereocenters. The molecule has 1 saturated carbocycles. The van der Waals surface area contributed by atoms with Gasteiger partial charge in [0, 0.05) is 62.9 Å². The predicted molar refractivity (Wildman–Crippen MR) is 181 cm³/mol. The minimum absolute atomic E-state index is 0.112. The Kier molecular flexibility index (Phi) is 13.5. The van der Waals surface area contributed by atoms with Crippen molar-refractivity contribution in [3.8, 4) is 5.88 Å². The molecule has 2 heterocycles. The summed E-state index contributed by atoms with van der Waals surface area (Å²) in [5.41, 5.74) is 1.00. The van der Waals surface area contributed by atoms with Crippen LogP contribution in [0.25, 0.3) is 0 Å². The second-order valence-electron chi connectivity index (χ2n) is 13.1. The second kappa shape index (κ2) is 17.5. The van der Waals surface area contributed by atoms with Gasteiger partial charge >= 0.3 is 5.92 Å². The Balaban J connectivity index is 1.44. The van der Waals surface area contributed by atoms with E-state index in [9.17, 15) is 19.2 Å². The van der Waals surface area contributed by atoms with Crippen LogP contribution < -0.4 is 20.7 Å². The molecule has 2 aromatic rings. The van der Waals surface area contributed by atoms with Crippen molar-refractivity contribution < 1.29 is 32.7 Å². The molecule has 3 atom stereocenters. The van der Waals surface area contributed by atoms with E-state index in [-0.39, 0.29) is 42.5 Å². The van der Waals surface area contributed by atoms with Gasteiger partial charge in [-0.3, -0.25) is 19.2 Å². The lowest BCUT2D eigenvalue weighted by Crippen LogP contribution is -2.55. The van der Waals surface area contributed by atoms with Gasteiger partial charge in [-0.15, -0.1) is 0 Å². The van der Waals surface area contributed by atoms with Crippen LogP contribution in [0.2, 0.25) is 0 Å². The zero-order chi connectivity index (χ0) is 35.6. The smallest absolute Gasteiger partial charge is 0.351 e. The van der Waals surface area contributed by atoms with Crippen LogP contribution in [0.15, 0.2) is 42.6 Å². The molecule has 0 spiro atoms. The molecule has 13 heteroatoms. The second-order valence-corrected chi connectivity index (χ2v) is 13.1. The number of halogens is 2. The molecular weight excluding hydrogens is 634 g/mol. The summed E-state index contributed by atoms with van der Waals surface area (Å²) < 4.78 is 35.4. The first-order valence-electron chi connectivity index (χ1n) is 17.3. The summed E-state index contributed by atoms with van der Waals surface area (Å²) in [6.07, 6.45) is 6.11. The van der Waals surface area contributed by atoms with E-state index in [1.54, 1.807) is 11.8 Å². The van der Waals surface area contributed by atoms with Gasteiger partial charge in [-0.2, -0.15) is 8.78 Å². The fourth-order valence-corrected chi connectivity index (χ4v) is 6.42. The van der Waals surface area contributed by atoms with Crippen LogP contribution in [0, 0.1) is 5.92 Å². The average molecular weight is 685 g/mol.